The van der Waals surface area contributed by atoms with Crippen molar-refractivity contribution < 1.29 is 9.90 Å². The van der Waals surface area contributed by atoms with Crippen LogP contribution in [0.5, 0.6) is 0 Å². The zero-order valence-electron chi connectivity index (χ0n) is 13.6. The summed E-state index contributed by atoms with van der Waals surface area (Å²) in [5.74, 6) is -0.408. The summed E-state index contributed by atoms with van der Waals surface area (Å²) in [5.41, 5.74) is 2.46. The summed E-state index contributed by atoms with van der Waals surface area (Å²) in [5, 5.41) is 9.62. The molecule has 4 rings (SSSR count). The van der Waals surface area contributed by atoms with Crippen molar-refractivity contribution in [2.24, 2.45) is 0 Å². The minimum Gasteiger partial charge on any atom is -0.478 e. The molecule has 3 aromatic rings. The molecule has 0 amide bonds. The number of rotatable bonds is 2. The molecule has 5 nitrogen and oxygen atoms in total. The van der Waals surface area contributed by atoms with Gasteiger partial charge in [-0.2, -0.15) is 0 Å². The quantitative estimate of drug-likeness (QED) is 0.778. The van der Waals surface area contributed by atoms with Crippen molar-refractivity contribution in [3.05, 3.63) is 75.8 Å². The van der Waals surface area contributed by atoms with Gasteiger partial charge < -0.3 is 5.11 Å². The van der Waals surface area contributed by atoms with Crippen LogP contribution in [0.3, 0.4) is 0 Å². The van der Waals surface area contributed by atoms with Gasteiger partial charge in [0.1, 0.15) is 5.82 Å². The molecule has 1 aromatic heterocycles. The maximum atomic E-state index is 12.9. The highest BCUT2D eigenvalue weighted by Crippen LogP contribution is 2.34. The van der Waals surface area contributed by atoms with Crippen LogP contribution in [-0.4, -0.2) is 20.6 Å². The first-order valence-corrected chi connectivity index (χ1v) is 8.10. The summed E-state index contributed by atoms with van der Waals surface area (Å²) in [6.07, 6.45) is 2.76. The molecular formula is C20H16N2O3. The second kappa shape index (κ2) is 5.70. The Morgan fingerprint density at radius 3 is 2.72 bits per heavy atom. The van der Waals surface area contributed by atoms with Crippen LogP contribution in [0.4, 0.5) is 0 Å². The molecule has 1 unspecified atom stereocenters. The molecule has 0 aliphatic carbocycles. The number of hydrogen-bond acceptors (Lipinski definition) is 3. The third-order valence-corrected chi connectivity index (χ3v) is 4.53. The van der Waals surface area contributed by atoms with Crippen LogP contribution in [0, 0.1) is 0 Å². The highest BCUT2D eigenvalue weighted by molar-refractivity contribution is 5.93. The Morgan fingerprint density at radius 1 is 1.24 bits per heavy atom. The van der Waals surface area contributed by atoms with Gasteiger partial charge in [0, 0.05) is 6.04 Å². The van der Waals surface area contributed by atoms with Crippen LogP contribution >= 0.6 is 0 Å². The van der Waals surface area contributed by atoms with Gasteiger partial charge in [0.25, 0.3) is 5.56 Å². The van der Waals surface area contributed by atoms with Gasteiger partial charge in [-0.15, -0.1) is 0 Å². The van der Waals surface area contributed by atoms with Gasteiger partial charge in [-0.3, -0.25) is 9.36 Å². The maximum Gasteiger partial charge on any atom is 0.335 e. The molecule has 0 fully saturated rings. The standard InChI is InChI=1S/C20H16N2O3/c1-12-9-15(10-13-5-3-2-4-6-13)18-21-17-11-14(20(24)25)7-8-16(17)19(23)22(12)18/h2-8,10-12H,9H2,1H3,(H,24,25)/b15-10+. The fourth-order valence-corrected chi connectivity index (χ4v) is 3.34. The lowest BCUT2D eigenvalue weighted by atomic mass is 10.1. The van der Waals surface area contributed by atoms with Crippen LogP contribution < -0.4 is 5.56 Å². The van der Waals surface area contributed by atoms with E-state index in [9.17, 15) is 14.7 Å². The second-order valence-corrected chi connectivity index (χ2v) is 6.28. The van der Waals surface area contributed by atoms with Gasteiger partial charge in [0.05, 0.1) is 16.5 Å². The summed E-state index contributed by atoms with van der Waals surface area (Å²) in [4.78, 5) is 28.7. The van der Waals surface area contributed by atoms with Gasteiger partial charge >= 0.3 is 5.97 Å². The number of carbonyl (C=O) groups is 1. The molecule has 0 saturated carbocycles. The van der Waals surface area contributed by atoms with Crippen molar-refractivity contribution in [1.82, 2.24) is 9.55 Å². The molecular weight excluding hydrogens is 316 g/mol. The molecule has 1 aliphatic heterocycles. The van der Waals surface area contributed by atoms with E-state index in [2.05, 4.69) is 4.98 Å². The summed E-state index contributed by atoms with van der Waals surface area (Å²) in [7, 11) is 0. The van der Waals surface area contributed by atoms with Crippen LogP contribution in [-0.2, 0) is 0 Å². The average molecular weight is 332 g/mol. The van der Waals surface area contributed by atoms with Crippen molar-refractivity contribution in [1.29, 1.82) is 0 Å². The zero-order chi connectivity index (χ0) is 17.6. The number of fused-ring (bicyclic) bond motifs is 2. The molecule has 0 spiro atoms. The summed E-state index contributed by atoms with van der Waals surface area (Å²) in [6.45, 7) is 2.00. The minimum atomic E-state index is -1.03. The largest absolute Gasteiger partial charge is 0.478 e. The van der Waals surface area contributed by atoms with E-state index in [0.717, 1.165) is 17.6 Å². The van der Waals surface area contributed by atoms with Crippen molar-refractivity contribution in [2.75, 3.05) is 0 Å². The van der Waals surface area contributed by atoms with Crippen LogP contribution in [0.15, 0.2) is 53.3 Å². The molecule has 0 saturated heterocycles. The number of carboxylic acid groups (broad SMARTS) is 1. The van der Waals surface area contributed by atoms with Crippen molar-refractivity contribution >= 4 is 28.5 Å². The Bertz CT molecular complexity index is 1080. The molecule has 0 bridgehead atoms. The van der Waals surface area contributed by atoms with E-state index in [1.807, 2.05) is 43.3 Å². The fraction of sp³-hybridized carbons (Fsp3) is 0.150. The normalized spacial score (nSPS) is 17.8. The number of nitrogens with zero attached hydrogens (tertiary/aromatic N) is 2. The predicted octanol–water partition coefficient (Wildman–Crippen LogP) is 3.60. The lowest BCUT2D eigenvalue weighted by Crippen LogP contribution is -2.23. The van der Waals surface area contributed by atoms with E-state index in [1.165, 1.54) is 12.1 Å². The molecule has 25 heavy (non-hydrogen) atoms. The molecule has 1 atom stereocenters. The number of aromatic carboxylic acids is 1. The third kappa shape index (κ3) is 2.54. The zero-order valence-corrected chi connectivity index (χ0v) is 13.6. The Hall–Kier alpha value is -3.21. The lowest BCUT2D eigenvalue weighted by Gasteiger charge is -2.09. The SMILES string of the molecule is CC1C/C(=C\c2ccccc2)c2nc3cc(C(=O)O)ccc3c(=O)n21. The molecule has 1 N–H and O–H groups in total. The van der Waals surface area contributed by atoms with Crippen LogP contribution in [0.1, 0.15) is 41.1 Å². The van der Waals surface area contributed by atoms with E-state index in [-0.39, 0.29) is 17.2 Å². The van der Waals surface area contributed by atoms with Crippen LogP contribution in [0.2, 0.25) is 0 Å². The Balaban J connectivity index is 1.95. The highest BCUT2D eigenvalue weighted by atomic mass is 16.4. The summed E-state index contributed by atoms with van der Waals surface area (Å²) >= 11 is 0. The molecule has 5 heteroatoms. The highest BCUT2D eigenvalue weighted by Gasteiger charge is 2.26. The van der Waals surface area contributed by atoms with Gasteiger partial charge in [-0.05, 0) is 48.8 Å². The Labute approximate surface area is 143 Å². The lowest BCUT2D eigenvalue weighted by molar-refractivity contribution is 0.0697. The second-order valence-electron chi connectivity index (χ2n) is 6.28. The summed E-state index contributed by atoms with van der Waals surface area (Å²) in [6, 6.07) is 14.4. The molecule has 2 heterocycles. The van der Waals surface area contributed by atoms with Gasteiger partial charge in [0.2, 0.25) is 0 Å². The first-order chi connectivity index (χ1) is 12.0. The number of carboxylic acids is 1. The third-order valence-electron chi connectivity index (χ3n) is 4.53. The van der Waals surface area contributed by atoms with E-state index in [4.69, 9.17) is 0 Å². The summed E-state index contributed by atoms with van der Waals surface area (Å²) < 4.78 is 1.71. The van der Waals surface area contributed by atoms with E-state index < -0.39 is 5.97 Å². The smallest absolute Gasteiger partial charge is 0.335 e. The monoisotopic (exact) mass is 332 g/mol. The Kier molecular flexibility index (Phi) is 3.50. The topological polar surface area (TPSA) is 72.2 Å². The molecule has 2 aromatic carbocycles. The average Bonchev–Trinajstić information content (AvgIpc) is 2.91. The van der Waals surface area contributed by atoms with Crippen molar-refractivity contribution in [3.63, 3.8) is 0 Å². The van der Waals surface area contributed by atoms with E-state index in [1.54, 1.807) is 10.6 Å². The first kappa shape index (κ1) is 15.3. The predicted molar refractivity (Wildman–Crippen MR) is 96.6 cm³/mol. The molecule has 1 aliphatic rings. The van der Waals surface area contributed by atoms with Crippen molar-refractivity contribution in [2.45, 2.75) is 19.4 Å². The number of hydrogen-bond donors (Lipinski definition) is 1. The Morgan fingerprint density at radius 2 is 2.00 bits per heavy atom. The van der Waals surface area contributed by atoms with E-state index in [0.29, 0.717) is 16.7 Å². The molecule has 0 radical (unpaired) electrons. The van der Waals surface area contributed by atoms with Crippen molar-refractivity contribution in [3.8, 4) is 0 Å². The minimum absolute atomic E-state index is 0.0218. The number of benzene rings is 2. The maximum absolute atomic E-state index is 12.9. The van der Waals surface area contributed by atoms with Gasteiger partial charge in [0.15, 0.2) is 0 Å². The number of allylic oxidation sites excluding steroid dienone is 1. The van der Waals surface area contributed by atoms with Gasteiger partial charge in [-0.25, -0.2) is 9.78 Å². The van der Waals surface area contributed by atoms with E-state index >= 15 is 0 Å². The number of aromatic nitrogens is 2. The van der Waals surface area contributed by atoms with Gasteiger partial charge in [-0.1, -0.05) is 30.3 Å². The van der Waals surface area contributed by atoms with Crippen LogP contribution in [0.25, 0.3) is 22.6 Å². The molecule has 124 valence electrons. The first-order valence-electron chi connectivity index (χ1n) is 8.10. The fourth-order valence-electron chi connectivity index (χ4n) is 3.34.